The van der Waals surface area contributed by atoms with Crippen molar-refractivity contribution < 1.29 is 9.53 Å². The molecule has 5 heteroatoms. The zero-order valence-electron chi connectivity index (χ0n) is 12.4. The Bertz CT molecular complexity index is 958. The number of benzene rings is 1. The predicted octanol–water partition coefficient (Wildman–Crippen LogP) is 2.83. The van der Waals surface area contributed by atoms with Gasteiger partial charge in [-0.15, -0.1) is 0 Å². The van der Waals surface area contributed by atoms with E-state index < -0.39 is 0 Å². The van der Waals surface area contributed by atoms with Crippen LogP contribution >= 0.6 is 0 Å². The molecular weight excluding hydrogens is 292 g/mol. The summed E-state index contributed by atoms with van der Waals surface area (Å²) in [6.07, 6.45) is 4.49. The highest BCUT2D eigenvalue weighted by molar-refractivity contribution is 6.06. The maximum atomic E-state index is 12.0. The van der Waals surface area contributed by atoms with Crippen molar-refractivity contribution in [3.63, 3.8) is 0 Å². The van der Waals surface area contributed by atoms with Gasteiger partial charge in [-0.3, -0.25) is 9.59 Å². The smallest absolute Gasteiger partial charge is 0.248 e. The minimum atomic E-state index is -0.304. The third-order valence-electron chi connectivity index (χ3n) is 3.38. The summed E-state index contributed by atoms with van der Waals surface area (Å²) >= 11 is 0. The quantitative estimate of drug-likeness (QED) is 0.594. The van der Waals surface area contributed by atoms with Crippen molar-refractivity contribution in [1.82, 2.24) is 9.97 Å². The van der Waals surface area contributed by atoms with E-state index in [0.29, 0.717) is 11.3 Å². The number of nitrogens with zero attached hydrogens (tertiary/aromatic N) is 1. The van der Waals surface area contributed by atoms with Crippen LogP contribution in [0.15, 0.2) is 59.5 Å². The molecule has 0 atom stereocenters. The Morgan fingerprint density at radius 2 is 2.04 bits per heavy atom. The van der Waals surface area contributed by atoms with Crippen molar-refractivity contribution in [2.75, 3.05) is 7.11 Å². The number of carbonyl (C=O) groups excluding carboxylic acids is 1. The van der Waals surface area contributed by atoms with Gasteiger partial charge < -0.3 is 9.72 Å². The number of nitrogens with one attached hydrogen (secondary N) is 1. The standard InChI is InChI=1S/C18H14N2O3/c1-23-15-5-6-16-12(10-15)2-3-14(20-16)4-7-17(21)13-8-9-19-18(22)11-13/h2-11H,1H3,(H,19,22)/b7-4+. The topological polar surface area (TPSA) is 72.0 Å². The van der Waals surface area contributed by atoms with Gasteiger partial charge in [0.25, 0.3) is 0 Å². The largest absolute Gasteiger partial charge is 0.497 e. The number of hydrogen-bond acceptors (Lipinski definition) is 4. The molecule has 1 aromatic carbocycles. The number of methoxy groups -OCH3 is 1. The molecule has 0 spiro atoms. The Hall–Kier alpha value is -3.21. The van der Waals surface area contributed by atoms with E-state index in [9.17, 15) is 9.59 Å². The molecule has 0 amide bonds. The molecule has 0 aliphatic heterocycles. The van der Waals surface area contributed by atoms with E-state index in [-0.39, 0.29) is 11.3 Å². The third-order valence-corrected chi connectivity index (χ3v) is 3.38. The van der Waals surface area contributed by atoms with Crippen molar-refractivity contribution in [3.8, 4) is 5.75 Å². The molecule has 3 rings (SSSR count). The lowest BCUT2D eigenvalue weighted by Gasteiger charge is -2.02. The summed E-state index contributed by atoms with van der Waals surface area (Å²) in [6, 6.07) is 12.2. The normalized spacial score (nSPS) is 11.0. The first-order valence-corrected chi connectivity index (χ1v) is 7.02. The SMILES string of the molecule is COc1ccc2nc(/C=C/C(=O)c3cc[nH]c(=O)c3)ccc2c1. The second-order valence-electron chi connectivity index (χ2n) is 4.93. The number of ketones is 1. The van der Waals surface area contributed by atoms with Gasteiger partial charge in [0.15, 0.2) is 5.78 Å². The maximum absolute atomic E-state index is 12.0. The summed E-state index contributed by atoms with van der Waals surface area (Å²) in [6.45, 7) is 0. The molecule has 0 saturated carbocycles. The van der Waals surface area contributed by atoms with E-state index in [1.807, 2.05) is 30.3 Å². The van der Waals surface area contributed by atoms with Crippen molar-refractivity contribution >= 4 is 22.8 Å². The van der Waals surface area contributed by atoms with Gasteiger partial charge in [-0.2, -0.15) is 0 Å². The van der Waals surface area contributed by atoms with Gasteiger partial charge in [0.1, 0.15) is 5.75 Å². The number of hydrogen-bond donors (Lipinski definition) is 1. The summed E-state index contributed by atoms with van der Waals surface area (Å²) in [7, 11) is 1.62. The van der Waals surface area contributed by atoms with Gasteiger partial charge in [-0.25, -0.2) is 4.98 Å². The molecule has 0 saturated heterocycles. The summed E-state index contributed by atoms with van der Waals surface area (Å²) in [5, 5.41) is 0.961. The molecule has 1 N–H and O–H groups in total. The van der Waals surface area contributed by atoms with E-state index in [4.69, 9.17) is 4.74 Å². The lowest BCUT2D eigenvalue weighted by atomic mass is 10.1. The minimum absolute atomic E-state index is 0.243. The van der Waals surface area contributed by atoms with E-state index in [2.05, 4.69) is 9.97 Å². The minimum Gasteiger partial charge on any atom is -0.497 e. The summed E-state index contributed by atoms with van der Waals surface area (Å²) in [5.74, 6) is 0.528. The Kier molecular flexibility index (Phi) is 4.01. The zero-order chi connectivity index (χ0) is 16.2. The van der Waals surface area contributed by atoms with Crippen LogP contribution in [0, 0.1) is 0 Å². The second-order valence-corrected chi connectivity index (χ2v) is 4.93. The second kappa shape index (κ2) is 6.27. The molecule has 0 bridgehead atoms. The van der Waals surface area contributed by atoms with Crippen molar-refractivity contribution in [1.29, 1.82) is 0 Å². The van der Waals surface area contributed by atoms with Gasteiger partial charge in [0, 0.05) is 23.2 Å². The average molecular weight is 306 g/mol. The Labute approximate surface area is 132 Å². The predicted molar refractivity (Wildman–Crippen MR) is 88.7 cm³/mol. The summed E-state index contributed by atoms with van der Waals surface area (Å²) in [5.41, 5.74) is 1.52. The van der Waals surface area contributed by atoms with Crippen LogP contribution in [0.2, 0.25) is 0 Å². The van der Waals surface area contributed by atoms with Crippen LogP contribution in [0.1, 0.15) is 16.1 Å². The third kappa shape index (κ3) is 3.35. The molecule has 23 heavy (non-hydrogen) atoms. The molecule has 0 aliphatic rings. The Balaban J connectivity index is 1.86. The fourth-order valence-corrected chi connectivity index (χ4v) is 2.19. The van der Waals surface area contributed by atoms with Crippen LogP contribution in [0.3, 0.4) is 0 Å². The Morgan fingerprint density at radius 1 is 1.17 bits per heavy atom. The van der Waals surface area contributed by atoms with Crippen molar-refractivity contribution in [2.45, 2.75) is 0 Å². The number of allylic oxidation sites excluding steroid dienone is 1. The van der Waals surface area contributed by atoms with Crippen molar-refractivity contribution in [2.24, 2.45) is 0 Å². The number of pyridine rings is 2. The van der Waals surface area contributed by atoms with Gasteiger partial charge >= 0.3 is 0 Å². The molecular formula is C18H14N2O3. The first-order valence-electron chi connectivity index (χ1n) is 7.02. The molecule has 2 aromatic heterocycles. The number of rotatable bonds is 4. The zero-order valence-corrected chi connectivity index (χ0v) is 12.4. The first kappa shape index (κ1) is 14.7. The van der Waals surface area contributed by atoms with E-state index >= 15 is 0 Å². The average Bonchev–Trinajstić information content (AvgIpc) is 2.59. The van der Waals surface area contributed by atoms with Gasteiger partial charge in [0.05, 0.1) is 18.3 Å². The first-order chi connectivity index (χ1) is 11.2. The van der Waals surface area contributed by atoms with Crippen molar-refractivity contribution in [3.05, 3.63) is 76.3 Å². The van der Waals surface area contributed by atoms with Crippen LogP contribution in [0.4, 0.5) is 0 Å². The summed E-state index contributed by atoms with van der Waals surface area (Å²) in [4.78, 5) is 30.2. The molecule has 3 aromatic rings. The van der Waals surface area contributed by atoms with E-state index in [1.165, 1.54) is 18.3 Å². The number of aromatic nitrogens is 2. The maximum Gasteiger partial charge on any atom is 0.248 e. The van der Waals surface area contributed by atoms with Gasteiger partial charge in [0.2, 0.25) is 5.56 Å². The highest BCUT2D eigenvalue weighted by Gasteiger charge is 2.03. The highest BCUT2D eigenvalue weighted by Crippen LogP contribution is 2.19. The number of H-pyrrole nitrogens is 1. The summed E-state index contributed by atoms with van der Waals surface area (Å²) < 4.78 is 5.18. The highest BCUT2D eigenvalue weighted by atomic mass is 16.5. The van der Waals surface area contributed by atoms with Crippen LogP contribution < -0.4 is 10.3 Å². The lowest BCUT2D eigenvalue weighted by Crippen LogP contribution is -2.06. The molecule has 114 valence electrons. The van der Waals surface area contributed by atoms with E-state index in [0.717, 1.165) is 16.7 Å². The molecule has 5 nitrogen and oxygen atoms in total. The monoisotopic (exact) mass is 306 g/mol. The van der Waals surface area contributed by atoms with E-state index in [1.54, 1.807) is 19.3 Å². The number of carbonyl (C=O) groups is 1. The fraction of sp³-hybridized carbons (Fsp3) is 0.0556. The number of ether oxygens (including phenoxy) is 1. The van der Waals surface area contributed by atoms with Crippen LogP contribution in [0.5, 0.6) is 5.75 Å². The number of aromatic amines is 1. The van der Waals surface area contributed by atoms with Gasteiger partial charge in [-0.1, -0.05) is 6.07 Å². The van der Waals surface area contributed by atoms with Crippen LogP contribution in [-0.4, -0.2) is 22.9 Å². The lowest BCUT2D eigenvalue weighted by molar-refractivity contribution is 0.104. The van der Waals surface area contributed by atoms with Gasteiger partial charge in [-0.05, 0) is 42.5 Å². The molecule has 2 heterocycles. The van der Waals surface area contributed by atoms with Crippen LogP contribution in [0.25, 0.3) is 17.0 Å². The Morgan fingerprint density at radius 3 is 2.83 bits per heavy atom. The van der Waals surface area contributed by atoms with Crippen LogP contribution in [-0.2, 0) is 0 Å². The fourth-order valence-electron chi connectivity index (χ4n) is 2.19. The molecule has 0 radical (unpaired) electrons. The number of fused-ring (bicyclic) bond motifs is 1. The molecule has 0 unspecified atom stereocenters. The molecule has 0 fully saturated rings. The molecule has 0 aliphatic carbocycles.